The van der Waals surface area contributed by atoms with Gasteiger partial charge in [0, 0.05) is 18.2 Å². The second-order valence-electron chi connectivity index (χ2n) is 4.10. The number of hydrogen-bond donors (Lipinski definition) is 0. The first-order chi connectivity index (χ1) is 9.76. The minimum Gasteiger partial charge on any atom is -0.449 e. The zero-order valence-corrected chi connectivity index (χ0v) is 11.4. The topological polar surface area (TPSA) is 42.7 Å². The van der Waals surface area contributed by atoms with Crippen molar-refractivity contribution in [3.63, 3.8) is 0 Å². The van der Waals surface area contributed by atoms with Crippen molar-refractivity contribution in [1.82, 2.24) is 0 Å². The van der Waals surface area contributed by atoms with Crippen molar-refractivity contribution in [3.8, 4) is 11.3 Å². The van der Waals surface area contributed by atoms with Gasteiger partial charge in [0.25, 0.3) is 0 Å². The number of furan rings is 1. The molecule has 2 aromatic rings. The Hall–Kier alpha value is -2.49. The third-order valence-corrected chi connectivity index (χ3v) is 2.72. The normalized spacial score (nSPS) is 10.1. The zero-order chi connectivity index (χ0) is 14.4. The molecule has 0 fully saturated rings. The van der Waals surface area contributed by atoms with Crippen molar-refractivity contribution in [3.05, 3.63) is 55.1 Å². The van der Waals surface area contributed by atoms with Gasteiger partial charge >= 0.3 is 6.09 Å². The van der Waals surface area contributed by atoms with E-state index in [1.807, 2.05) is 36.4 Å². The van der Waals surface area contributed by atoms with Crippen LogP contribution in [0, 0.1) is 0 Å². The van der Waals surface area contributed by atoms with Crippen LogP contribution >= 0.6 is 0 Å². The van der Waals surface area contributed by atoms with Crippen LogP contribution in [-0.4, -0.2) is 19.2 Å². The van der Waals surface area contributed by atoms with Crippen molar-refractivity contribution in [2.45, 2.75) is 6.92 Å². The van der Waals surface area contributed by atoms with Crippen molar-refractivity contribution in [2.24, 2.45) is 0 Å². The molecule has 0 atom stereocenters. The quantitative estimate of drug-likeness (QED) is 0.769. The van der Waals surface area contributed by atoms with Gasteiger partial charge in [0.15, 0.2) is 0 Å². The Kier molecular flexibility index (Phi) is 4.60. The Bertz CT molecular complexity index is 574. The maximum atomic E-state index is 11.9. The number of hydrogen-bond acceptors (Lipinski definition) is 3. The fraction of sp³-hybridized carbons (Fsp3) is 0.188. The van der Waals surface area contributed by atoms with E-state index in [0.717, 1.165) is 5.56 Å². The number of carbonyl (C=O) groups excluding carboxylic acids is 1. The number of anilines is 1. The highest BCUT2D eigenvalue weighted by atomic mass is 16.6. The molecule has 0 aliphatic heterocycles. The van der Waals surface area contributed by atoms with Gasteiger partial charge in [-0.05, 0) is 13.0 Å². The number of carbonyl (C=O) groups is 1. The molecule has 0 spiro atoms. The number of ether oxygens (including phenoxy) is 1. The van der Waals surface area contributed by atoms with E-state index < -0.39 is 6.09 Å². The smallest absolute Gasteiger partial charge is 0.416 e. The minimum atomic E-state index is -0.443. The van der Waals surface area contributed by atoms with Crippen molar-refractivity contribution in [2.75, 3.05) is 18.1 Å². The molecule has 2 rings (SSSR count). The van der Waals surface area contributed by atoms with Crippen molar-refractivity contribution < 1.29 is 13.9 Å². The van der Waals surface area contributed by atoms with Gasteiger partial charge in [-0.25, -0.2) is 9.69 Å². The average Bonchev–Trinajstić information content (AvgIpc) is 2.95. The first kappa shape index (κ1) is 13.9. The molecule has 0 unspecified atom stereocenters. The standard InChI is InChI=1S/C16H17NO3/c1-3-12-17(16(18)19-4-2)15-11-10-14(20-15)13-8-6-5-7-9-13/h3,5-11H,1,4,12H2,2H3. The lowest BCUT2D eigenvalue weighted by molar-refractivity contribution is 0.159. The molecule has 0 aliphatic carbocycles. The first-order valence-corrected chi connectivity index (χ1v) is 6.46. The molecule has 4 nitrogen and oxygen atoms in total. The number of nitrogens with zero attached hydrogens (tertiary/aromatic N) is 1. The van der Waals surface area contributed by atoms with Crippen LogP contribution in [0.1, 0.15) is 6.92 Å². The molecule has 1 aromatic carbocycles. The average molecular weight is 271 g/mol. The molecule has 1 aromatic heterocycles. The van der Waals surface area contributed by atoms with Gasteiger partial charge in [0.1, 0.15) is 5.76 Å². The Morgan fingerprint density at radius 3 is 2.70 bits per heavy atom. The maximum absolute atomic E-state index is 11.9. The largest absolute Gasteiger partial charge is 0.449 e. The lowest BCUT2D eigenvalue weighted by Crippen LogP contribution is -2.31. The molecule has 0 radical (unpaired) electrons. The first-order valence-electron chi connectivity index (χ1n) is 6.46. The van der Waals surface area contributed by atoms with Crippen molar-refractivity contribution in [1.29, 1.82) is 0 Å². The molecule has 0 saturated carbocycles. The molecule has 0 N–H and O–H groups in total. The molecule has 104 valence electrons. The predicted molar refractivity (Wildman–Crippen MR) is 78.7 cm³/mol. The third kappa shape index (κ3) is 3.09. The van der Waals surface area contributed by atoms with Crippen LogP contribution in [0.15, 0.2) is 59.5 Å². The van der Waals surface area contributed by atoms with Crippen molar-refractivity contribution >= 4 is 12.0 Å². The Labute approximate surface area is 118 Å². The second-order valence-corrected chi connectivity index (χ2v) is 4.10. The van der Waals surface area contributed by atoms with Crippen LogP contribution in [0.25, 0.3) is 11.3 Å². The molecule has 20 heavy (non-hydrogen) atoms. The van der Waals surface area contributed by atoms with E-state index >= 15 is 0 Å². The molecule has 0 aliphatic rings. The Morgan fingerprint density at radius 2 is 2.05 bits per heavy atom. The highest BCUT2D eigenvalue weighted by molar-refractivity contribution is 5.86. The number of benzene rings is 1. The van der Waals surface area contributed by atoms with E-state index in [2.05, 4.69) is 6.58 Å². The fourth-order valence-electron chi connectivity index (χ4n) is 1.82. The number of amides is 1. The van der Waals surface area contributed by atoms with Gasteiger partial charge in [0.05, 0.1) is 6.61 Å². The third-order valence-electron chi connectivity index (χ3n) is 2.72. The van der Waals surface area contributed by atoms with Gasteiger partial charge < -0.3 is 9.15 Å². The Balaban J connectivity index is 2.25. The number of rotatable bonds is 5. The summed E-state index contributed by atoms with van der Waals surface area (Å²) in [5, 5.41) is 0. The summed E-state index contributed by atoms with van der Waals surface area (Å²) in [4.78, 5) is 13.3. The van der Waals surface area contributed by atoms with Crippen LogP contribution in [-0.2, 0) is 4.74 Å². The maximum Gasteiger partial charge on any atom is 0.416 e. The summed E-state index contributed by atoms with van der Waals surface area (Å²) in [6.45, 7) is 6.06. The van der Waals surface area contributed by atoms with Crippen LogP contribution in [0.3, 0.4) is 0 Å². The minimum absolute atomic E-state index is 0.318. The molecule has 1 amide bonds. The lowest BCUT2D eigenvalue weighted by atomic mass is 10.2. The van der Waals surface area contributed by atoms with Gasteiger partial charge in [-0.15, -0.1) is 6.58 Å². The second kappa shape index (κ2) is 6.61. The Morgan fingerprint density at radius 1 is 1.30 bits per heavy atom. The van der Waals surface area contributed by atoms with E-state index in [4.69, 9.17) is 9.15 Å². The molecule has 1 heterocycles. The summed E-state index contributed by atoms with van der Waals surface area (Å²) in [6.07, 6.45) is 1.18. The summed E-state index contributed by atoms with van der Waals surface area (Å²) in [5.74, 6) is 1.15. The van der Waals surface area contributed by atoms with E-state index in [9.17, 15) is 4.79 Å². The highest BCUT2D eigenvalue weighted by Crippen LogP contribution is 2.27. The monoisotopic (exact) mass is 271 g/mol. The van der Waals surface area contributed by atoms with E-state index in [0.29, 0.717) is 24.8 Å². The van der Waals surface area contributed by atoms with Gasteiger partial charge in [-0.1, -0.05) is 36.4 Å². The fourth-order valence-corrected chi connectivity index (χ4v) is 1.82. The SMILES string of the molecule is C=CCN(C(=O)OCC)c1ccc(-c2ccccc2)o1. The van der Waals surface area contributed by atoms with Crippen LogP contribution in [0.4, 0.5) is 10.7 Å². The zero-order valence-electron chi connectivity index (χ0n) is 11.4. The van der Waals surface area contributed by atoms with Crippen LogP contribution < -0.4 is 4.90 Å². The highest BCUT2D eigenvalue weighted by Gasteiger charge is 2.19. The lowest BCUT2D eigenvalue weighted by Gasteiger charge is -2.17. The summed E-state index contributed by atoms with van der Waals surface area (Å²) >= 11 is 0. The summed E-state index contributed by atoms with van der Waals surface area (Å²) in [6, 6.07) is 13.3. The van der Waals surface area contributed by atoms with Crippen LogP contribution in [0.2, 0.25) is 0 Å². The molecule has 0 bridgehead atoms. The van der Waals surface area contributed by atoms with Gasteiger partial charge in [-0.2, -0.15) is 0 Å². The summed E-state index contributed by atoms with van der Waals surface area (Å²) in [7, 11) is 0. The summed E-state index contributed by atoms with van der Waals surface area (Å²) < 4.78 is 10.7. The molecular weight excluding hydrogens is 254 g/mol. The van der Waals surface area contributed by atoms with E-state index in [-0.39, 0.29) is 0 Å². The molecule has 0 saturated heterocycles. The van der Waals surface area contributed by atoms with E-state index in [1.54, 1.807) is 19.1 Å². The summed E-state index contributed by atoms with van der Waals surface area (Å²) in [5.41, 5.74) is 0.959. The van der Waals surface area contributed by atoms with Crippen LogP contribution in [0.5, 0.6) is 0 Å². The van der Waals surface area contributed by atoms with Gasteiger partial charge in [-0.3, -0.25) is 0 Å². The molecule has 4 heteroatoms. The van der Waals surface area contributed by atoms with Gasteiger partial charge in [0.2, 0.25) is 5.88 Å². The van der Waals surface area contributed by atoms with E-state index in [1.165, 1.54) is 4.90 Å². The molecular formula is C16H17NO3. The predicted octanol–water partition coefficient (Wildman–Crippen LogP) is 4.10.